The molecule has 1 heterocycles. The first kappa shape index (κ1) is 13.3. The number of aromatic nitrogens is 2. The van der Waals surface area contributed by atoms with E-state index in [1.807, 2.05) is 19.9 Å². The minimum atomic E-state index is -0.256. The molecule has 0 atom stereocenters. The lowest BCUT2D eigenvalue weighted by atomic mass is 10.3. The molecule has 0 saturated carbocycles. The van der Waals surface area contributed by atoms with Gasteiger partial charge in [0.1, 0.15) is 21.8 Å². The van der Waals surface area contributed by atoms with Gasteiger partial charge in [-0.3, -0.25) is 0 Å². The van der Waals surface area contributed by atoms with Crippen LogP contribution < -0.4 is 0 Å². The molecule has 0 spiro atoms. The highest BCUT2D eigenvalue weighted by Crippen LogP contribution is 2.31. The number of halogens is 2. The number of nitrogens with zero attached hydrogens (tertiary/aromatic N) is 2. The smallest absolute Gasteiger partial charge is 0.136 e. The highest BCUT2D eigenvalue weighted by molar-refractivity contribution is 7.99. The molecule has 0 amide bonds. The quantitative estimate of drug-likeness (QED) is 0.786. The highest BCUT2D eigenvalue weighted by atomic mass is 35.5. The summed E-state index contributed by atoms with van der Waals surface area (Å²) in [6.45, 7) is 3.83. The first-order chi connectivity index (χ1) is 8.60. The van der Waals surface area contributed by atoms with Crippen molar-refractivity contribution in [2.45, 2.75) is 30.2 Å². The molecule has 2 aromatic rings. The van der Waals surface area contributed by atoms with Crippen LogP contribution in [0.4, 0.5) is 4.39 Å². The van der Waals surface area contributed by atoms with Crippen molar-refractivity contribution in [3.8, 4) is 0 Å². The Morgan fingerprint density at radius 1 is 1.33 bits per heavy atom. The zero-order chi connectivity index (χ0) is 13.1. The molecule has 18 heavy (non-hydrogen) atoms. The fourth-order valence-corrected chi connectivity index (χ4v) is 2.60. The maximum atomic E-state index is 13.1. The number of hydrogen-bond acceptors (Lipinski definition) is 3. The molecule has 0 aliphatic heterocycles. The summed E-state index contributed by atoms with van der Waals surface area (Å²) >= 11 is 7.45. The van der Waals surface area contributed by atoms with E-state index in [2.05, 4.69) is 9.97 Å². The molecule has 0 saturated heterocycles. The van der Waals surface area contributed by atoms with E-state index < -0.39 is 0 Å². The number of aryl methyl sites for hydroxylation is 1. The molecular formula is C13H12ClFN2S. The van der Waals surface area contributed by atoms with Gasteiger partial charge >= 0.3 is 0 Å². The third-order valence-electron chi connectivity index (χ3n) is 2.41. The summed E-state index contributed by atoms with van der Waals surface area (Å²) in [6, 6.07) is 6.42. The van der Waals surface area contributed by atoms with Crippen LogP contribution >= 0.6 is 23.4 Å². The fraction of sp³-hybridized carbons (Fsp3) is 0.231. The van der Waals surface area contributed by atoms with E-state index in [1.54, 1.807) is 6.07 Å². The summed E-state index contributed by atoms with van der Waals surface area (Å²) in [5.41, 5.74) is 0.822. The Bertz CT molecular complexity index is 575. The van der Waals surface area contributed by atoms with Gasteiger partial charge in [-0.25, -0.2) is 14.4 Å². The lowest BCUT2D eigenvalue weighted by Gasteiger charge is -2.08. The average Bonchev–Trinajstić information content (AvgIpc) is 2.34. The molecule has 0 aliphatic rings. The second-order valence-electron chi connectivity index (χ2n) is 3.77. The van der Waals surface area contributed by atoms with E-state index in [9.17, 15) is 4.39 Å². The molecular weight excluding hydrogens is 271 g/mol. The summed E-state index contributed by atoms with van der Waals surface area (Å²) in [4.78, 5) is 9.40. The molecule has 5 heteroatoms. The average molecular weight is 283 g/mol. The predicted molar refractivity (Wildman–Crippen MR) is 71.7 cm³/mol. The Balaban J connectivity index is 2.36. The molecule has 1 aromatic carbocycles. The minimum Gasteiger partial charge on any atom is -0.226 e. The van der Waals surface area contributed by atoms with Crippen molar-refractivity contribution in [2.24, 2.45) is 0 Å². The van der Waals surface area contributed by atoms with E-state index in [0.29, 0.717) is 11.0 Å². The summed E-state index contributed by atoms with van der Waals surface area (Å²) in [7, 11) is 0. The molecule has 0 unspecified atom stereocenters. The van der Waals surface area contributed by atoms with Crippen molar-refractivity contribution < 1.29 is 4.39 Å². The van der Waals surface area contributed by atoms with Crippen LogP contribution in [0, 0.1) is 12.7 Å². The third-order valence-corrected chi connectivity index (χ3v) is 3.86. The van der Waals surface area contributed by atoms with Crippen LogP contribution in [0.5, 0.6) is 0 Å². The van der Waals surface area contributed by atoms with E-state index in [-0.39, 0.29) is 5.82 Å². The Labute approximate surface area is 115 Å². The highest BCUT2D eigenvalue weighted by Gasteiger charge is 2.10. The van der Waals surface area contributed by atoms with Crippen molar-refractivity contribution in [3.63, 3.8) is 0 Å². The lowest BCUT2D eigenvalue weighted by molar-refractivity contribution is 0.624. The first-order valence-electron chi connectivity index (χ1n) is 5.56. The topological polar surface area (TPSA) is 25.8 Å². The Morgan fingerprint density at radius 3 is 2.78 bits per heavy atom. The zero-order valence-corrected chi connectivity index (χ0v) is 11.6. The molecule has 2 nitrogen and oxygen atoms in total. The van der Waals surface area contributed by atoms with Gasteiger partial charge in [0.25, 0.3) is 0 Å². The van der Waals surface area contributed by atoms with Gasteiger partial charge in [-0.1, -0.05) is 36.4 Å². The van der Waals surface area contributed by atoms with Crippen LogP contribution in [0.15, 0.2) is 34.2 Å². The molecule has 2 rings (SSSR count). The summed E-state index contributed by atoms with van der Waals surface area (Å²) < 4.78 is 13.1. The van der Waals surface area contributed by atoms with Crippen LogP contribution in [0.25, 0.3) is 0 Å². The van der Waals surface area contributed by atoms with Gasteiger partial charge < -0.3 is 0 Å². The third kappa shape index (κ3) is 3.00. The minimum absolute atomic E-state index is 0.256. The molecule has 0 N–H and O–H groups in total. The normalized spacial score (nSPS) is 10.7. The lowest BCUT2D eigenvalue weighted by Crippen LogP contribution is -1.98. The van der Waals surface area contributed by atoms with Crippen molar-refractivity contribution in [1.29, 1.82) is 0 Å². The van der Waals surface area contributed by atoms with E-state index in [0.717, 1.165) is 21.9 Å². The SMILES string of the molecule is CCc1nc(Cl)c(C)c(Sc2cccc(F)c2)n1. The van der Waals surface area contributed by atoms with Crippen LogP contribution in [0.3, 0.4) is 0 Å². The summed E-state index contributed by atoms with van der Waals surface area (Å²) in [5, 5.41) is 1.23. The Kier molecular flexibility index (Phi) is 4.19. The van der Waals surface area contributed by atoms with Crippen molar-refractivity contribution in [3.05, 3.63) is 46.6 Å². The van der Waals surface area contributed by atoms with Gasteiger partial charge in [0.15, 0.2) is 0 Å². The fourth-order valence-electron chi connectivity index (χ4n) is 1.41. The molecule has 94 valence electrons. The maximum Gasteiger partial charge on any atom is 0.136 e. The van der Waals surface area contributed by atoms with Gasteiger partial charge in [-0.05, 0) is 25.1 Å². The Morgan fingerprint density at radius 2 is 2.11 bits per heavy atom. The first-order valence-corrected chi connectivity index (χ1v) is 6.76. The Hall–Kier alpha value is -1.13. The zero-order valence-electron chi connectivity index (χ0n) is 10.1. The number of hydrogen-bond donors (Lipinski definition) is 0. The number of rotatable bonds is 3. The van der Waals surface area contributed by atoms with Crippen LogP contribution in [0.2, 0.25) is 5.15 Å². The second kappa shape index (κ2) is 5.67. The van der Waals surface area contributed by atoms with Crippen LogP contribution in [-0.4, -0.2) is 9.97 Å². The summed E-state index contributed by atoms with van der Waals surface area (Å²) in [6.07, 6.45) is 0.719. The van der Waals surface area contributed by atoms with Crippen LogP contribution in [-0.2, 0) is 6.42 Å². The largest absolute Gasteiger partial charge is 0.226 e. The van der Waals surface area contributed by atoms with E-state index in [1.165, 1.54) is 23.9 Å². The second-order valence-corrected chi connectivity index (χ2v) is 5.19. The van der Waals surface area contributed by atoms with E-state index >= 15 is 0 Å². The van der Waals surface area contributed by atoms with Gasteiger partial charge in [0.2, 0.25) is 0 Å². The molecule has 0 radical (unpaired) electrons. The van der Waals surface area contributed by atoms with Crippen LogP contribution in [0.1, 0.15) is 18.3 Å². The maximum absolute atomic E-state index is 13.1. The molecule has 0 bridgehead atoms. The van der Waals surface area contributed by atoms with Gasteiger partial charge in [0.05, 0.1) is 0 Å². The van der Waals surface area contributed by atoms with Crippen molar-refractivity contribution in [1.82, 2.24) is 9.97 Å². The molecule has 0 fully saturated rings. The van der Waals surface area contributed by atoms with E-state index in [4.69, 9.17) is 11.6 Å². The van der Waals surface area contributed by atoms with Crippen molar-refractivity contribution in [2.75, 3.05) is 0 Å². The van der Waals surface area contributed by atoms with Gasteiger partial charge in [0, 0.05) is 16.9 Å². The molecule has 0 aliphatic carbocycles. The summed E-state index contributed by atoms with van der Waals surface area (Å²) in [5.74, 6) is 0.443. The number of benzene rings is 1. The van der Waals surface area contributed by atoms with Crippen molar-refractivity contribution >= 4 is 23.4 Å². The molecule has 1 aromatic heterocycles. The predicted octanol–water partition coefficient (Wildman–Crippen LogP) is 4.29. The monoisotopic (exact) mass is 282 g/mol. The van der Waals surface area contributed by atoms with Gasteiger partial charge in [-0.2, -0.15) is 0 Å². The standard InChI is InChI=1S/C13H12ClFN2S/c1-3-11-16-12(14)8(2)13(17-11)18-10-6-4-5-9(15)7-10/h4-7H,3H2,1-2H3. The van der Waals surface area contributed by atoms with Gasteiger partial charge in [-0.15, -0.1) is 0 Å².